The van der Waals surface area contributed by atoms with Crippen LogP contribution in [0.3, 0.4) is 0 Å². The molecular weight excluding hydrogens is 335 g/mol. The zero-order valence-corrected chi connectivity index (χ0v) is 13.3. The van der Waals surface area contributed by atoms with Crippen LogP contribution in [-0.4, -0.2) is 16.8 Å². The molecule has 1 heterocycles. The molecular formula is C14H13Cl3N2O2. The van der Waals surface area contributed by atoms with Crippen LogP contribution in [0.2, 0.25) is 15.1 Å². The molecule has 1 saturated heterocycles. The van der Waals surface area contributed by atoms with Crippen LogP contribution < -0.4 is 5.43 Å². The van der Waals surface area contributed by atoms with E-state index in [1.54, 1.807) is 0 Å². The second-order valence-electron chi connectivity index (χ2n) is 5.37. The number of rotatable bonds is 2. The maximum Gasteiger partial charge on any atom is 0.252 e. The van der Waals surface area contributed by atoms with E-state index in [2.05, 4.69) is 5.43 Å². The lowest BCUT2D eigenvalue weighted by atomic mass is 9.81. The van der Waals surface area contributed by atoms with Crippen LogP contribution in [0.25, 0.3) is 0 Å². The Morgan fingerprint density at radius 2 is 1.43 bits per heavy atom. The summed E-state index contributed by atoms with van der Waals surface area (Å²) in [5.74, 6) is -0.842. The van der Waals surface area contributed by atoms with E-state index >= 15 is 0 Å². The lowest BCUT2D eigenvalue weighted by Gasteiger charge is -2.19. The number of hydrogen-bond acceptors (Lipinski definition) is 3. The molecule has 1 N–H and O–H groups in total. The van der Waals surface area contributed by atoms with Gasteiger partial charge < -0.3 is 0 Å². The number of carbonyl (C=O) groups is 2. The molecule has 3 rings (SSSR count). The van der Waals surface area contributed by atoms with Gasteiger partial charge in [0, 0.05) is 5.02 Å². The summed E-state index contributed by atoms with van der Waals surface area (Å²) >= 11 is 18.0. The summed E-state index contributed by atoms with van der Waals surface area (Å²) in [5, 5.41) is 1.98. The van der Waals surface area contributed by atoms with E-state index in [4.69, 9.17) is 34.8 Å². The minimum Gasteiger partial charge on any atom is -0.286 e. The Morgan fingerprint density at radius 1 is 0.952 bits per heavy atom. The summed E-state index contributed by atoms with van der Waals surface area (Å²) in [6, 6.07) is 3.02. The predicted molar refractivity (Wildman–Crippen MR) is 82.4 cm³/mol. The summed E-state index contributed by atoms with van der Waals surface area (Å²) < 4.78 is 0. The predicted octanol–water partition coefficient (Wildman–Crippen LogP) is 4.15. The van der Waals surface area contributed by atoms with Crippen molar-refractivity contribution in [1.82, 2.24) is 5.01 Å². The van der Waals surface area contributed by atoms with Crippen molar-refractivity contribution >= 4 is 52.3 Å². The van der Waals surface area contributed by atoms with Gasteiger partial charge in [-0.3, -0.25) is 15.0 Å². The Bertz CT molecular complexity index is 573. The van der Waals surface area contributed by atoms with Crippen LogP contribution in [0.15, 0.2) is 12.1 Å². The van der Waals surface area contributed by atoms with Crippen molar-refractivity contribution < 1.29 is 9.59 Å². The summed E-state index contributed by atoms with van der Waals surface area (Å²) in [7, 11) is 0. The fourth-order valence-corrected chi connectivity index (χ4v) is 3.93. The number of anilines is 1. The van der Waals surface area contributed by atoms with Crippen molar-refractivity contribution in [2.75, 3.05) is 5.43 Å². The number of imide groups is 1. The monoisotopic (exact) mass is 346 g/mol. The number of carbonyl (C=O) groups excluding carboxylic acids is 2. The molecule has 1 aromatic carbocycles. The van der Waals surface area contributed by atoms with E-state index in [9.17, 15) is 9.59 Å². The minimum atomic E-state index is -0.219. The molecule has 7 heteroatoms. The van der Waals surface area contributed by atoms with Crippen molar-refractivity contribution in [3.63, 3.8) is 0 Å². The molecule has 0 spiro atoms. The highest BCUT2D eigenvalue weighted by atomic mass is 35.5. The summed E-state index contributed by atoms with van der Waals surface area (Å²) in [6.45, 7) is 0. The Labute approximate surface area is 137 Å². The number of halogens is 3. The minimum absolute atomic E-state index is 0.202. The number of hydrogen-bond donors (Lipinski definition) is 1. The largest absolute Gasteiger partial charge is 0.286 e. The molecule has 0 radical (unpaired) electrons. The Morgan fingerprint density at radius 3 is 1.90 bits per heavy atom. The average molecular weight is 348 g/mol. The van der Waals surface area contributed by atoms with Gasteiger partial charge in [0.05, 0.1) is 27.6 Å². The molecule has 21 heavy (non-hydrogen) atoms. The number of nitrogens with zero attached hydrogens (tertiary/aromatic N) is 1. The van der Waals surface area contributed by atoms with Gasteiger partial charge in [-0.2, -0.15) is 5.01 Å². The molecule has 2 aliphatic rings. The van der Waals surface area contributed by atoms with Gasteiger partial charge >= 0.3 is 0 Å². The summed E-state index contributed by atoms with van der Waals surface area (Å²) in [4.78, 5) is 24.7. The smallest absolute Gasteiger partial charge is 0.252 e. The first kappa shape index (κ1) is 14.9. The van der Waals surface area contributed by atoms with Crippen LogP contribution in [0, 0.1) is 11.8 Å². The Hall–Kier alpha value is -0.970. The molecule has 2 amide bonds. The topological polar surface area (TPSA) is 49.4 Å². The zero-order valence-electron chi connectivity index (χ0n) is 11.0. The number of fused-ring (bicyclic) bond motifs is 1. The van der Waals surface area contributed by atoms with E-state index in [0.29, 0.717) is 10.7 Å². The third-order valence-corrected chi connectivity index (χ3v) is 4.89. The lowest BCUT2D eigenvalue weighted by Crippen LogP contribution is -2.36. The highest BCUT2D eigenvalue weighted by Gasteiger charge is 2.48. The third kappa shape index (κ3) is 2.60. The molecule has 112 valence electrons. The number of benzene rings is 1. The second kappa shape index (κ2) is 5.67. The Kier molecular flexibility index (Phi) is 4.04. The summed E-state index contributed by atoms with van der Waals surface area (Å²) in [6.07, 6.45) is 3.48. The van der Waals surface area contributed by atoms with Crippen LogP contribution in [0.5, 0.6) is 0 Å². The van der Waals surface area contributed by atoms with Gasteiger partial charge in [0.1, 0.15) is 0 Å². The molecule has 2 atom stereocenters. The highest BCUT2D eigenvalue weighted by molar-refractivity contribution is 6.41. The van der Waals surface area contributed by atoms with Gasteiger partial charge in [-0.1, -0.05) is 47.6 Å². The third-order valence-electron chi connectivity index (χ3n) is 4.07. The highest BCUT2D eigenvalue weighted by Crippen LogP contribution is 2.40. The maximum atomic E-state index is 12.4. The van der Waals surface area contributed by atoms with Gasteiger partial charge in [0.2, 0.25) is 0 Å². The molecule has 0 bridgehead atoms. The van der Waals surface area contributed by atoms with Crippen molar-refractivity contribution in [2.45, 2.75) is 25.7 Å². The SMILES string of the molecule is O=C1C2CCCCC2C(=O)N1Nc1c(Cl)cc(Cl)cc1Cl. The fraction of sp³-hybridized carbons (Fsp3) is 0.429. The van der Waals surface area contributed by atoms with Gasteiger partial charge in [-0.05, 0) is 25.0 Å². The molecule has 1 aromatic rings. The van der Waals surface area contributed by atoms with Gasteiger partial charge in [-0.25, -0.2) is 0 Å². The van der Waals surface area contributed by atoms with Crippen molar-refractivity contribution in [1.29, 1.82) is 0 Å². The van der Waals surface area contributed by atoms with Crippen LogP contribution in [0.4, 0.5) is 5.69 Å². The molecule has 4 nitrogen and oxygen atoms in total. The Balaban J connectivity index is 1.88. The van der Waals surface area contributed by atoms with E-state index in [1.165, 1.54) is 12.1 Å². The van der Waals surface area contributed by atoms with Gasteiger partial charge in [0.25, 0.3) is 11.8 Å². The average Bonchev–Trinajstić information content (AvgIpc) is 2.67. The molecule has 1 saturated carbocycles. The van der Waals surface area contributed by atoms with Gasteiger partial charge in [-0.15, -0.1) is 0 Å². The first-order valence-corrected chi connectivity index (χ1v) is 7.91. The standard InChI is InChI=1S/C14H13Cl3N2O2/c15-7-5-10(16)12(11(17)6-7)18-19-13(20)8-3-1-2-4-9(8)14(19)21/h5-6,8-9,18H,1-4H2. The van der Waals surface area contributed by atoms with E-state index in [1.807, 2.05) is 0 Å². The van der Waals surface area contributed by atoms with Gasteiger partial charge in [0.15, 0.2) is 0 Å². The molecule has 1 aliphatic heterocycles. The van der Waals surface area contributed by atoms with Crippen LogP contribution >= 0.6 is 34.8 Å². The van der Waals surface area contributed by atoms with Crippen LogP contribution in [0.1, 0.15) is 25.7 Å². The first-order valence-electron chi connectivity index (χ1n) is 6.78. The normalized spacial score (nSPS) is 25.2. The fourth-order valence-electron chi connectivity index (χ4n) is 3.03. The van der Waals surface area contributed by atoms with Crippen molar-refractivity contribution in [2.24, 2.45) is 11.8 Å². The first-order chi connectivity index (χ1) is 9.99. The maximum absolute atomic E-state index is 12.4. The van der Waals surface area contributed by atoms with E-state index in [0.717, 1.165) is 30.7 Å². The van der Waals surface area contributed by atoms with Crippen LogP contribution in [-0.2, 0) is 9.59 Å². The van der Waals surface area contributed by atoms with E-state index < -0.39 is 0 Å². The number of hydrazine groups is 1. The van der Waals surface area contributed by atoms with E-state index in [-0.39, 0.29) is 33.7 Å². The molecule has 2 unspecified atom stereocenters. The second-order valence-corrected chi connectivity index (χ2v) is 6.62. The number of amides is 2. The molecule has 0 aromatic heterocycles. The lowest BCUT2D eigenvalue weighted by molar-refractivity contribution is -0.138. The number of nitrogens with one attached hydrogen (secondary N) is 1. The molecule has 2 fully saturated rings. The quantitative estimate of drug-likeness (QED) is 0.818. The van der Waals surface area contributed by atoms with Crippen molar-refractivity contribution in [3.05, 3.63) is 27.2 Å². The van der Waals surface area contributed by atoms with Crippen molar-refractivity contribution in [3.8, 4) is 0 Å². The summed E-state index contributed by atoms with van der Waals surface area (Å²) in [5.41, 5.74) is 3.09. The molecule has 1 aliphatic carbocycles. The zero-order chi connectivity index (χ0) is 15.1.